The summed E-state index contributed by atoms with van der Waals surface area (Å²) in [5.74, 6) is 5.42. The average molecular weight is 1480 g/mol. The number of rotatable bonds is 12. The monoisotopic (exact) mass is 1480 g/mol. The summed E-state index contributed by atoms with van der Waals surface area (Å²) in [6.07, 6.45) is 13.9. The van der Waals surface area contributed by atoms with Crippen molar-refractivity contribution in [2.75, 3.05) is 78.5 Å². The van der Waals surface area contributed by atoms with Crippen molar-refractivity contribution in [1.29, 1.82) is 0 Å². The highest BCUT2D eigenvalue weighted by Crippen LogP contribution is 2.17. The fourth-order valence-electron chi connectivity index (χ4n) is 13.1. The molecule has 0 radical (unpaired) electrons. The predicted molar refractivity (Wildman–Crippen MR) is 404 cm³/mol. The zero-order valence-electron chi connectivity index (χ0n) is 66.0. The molecule has 28 nitrogen and oxygen atoms in total. The number of nitrogens with one attached hydrogen (secondary N) is 12. The van der Waals surface area contributed by atoms with E-state index in [0.29, 0.717) is 75.5 Å². The minimum Gasteiger partial charge on any atom is -0.392 e. The third-order valence-corrected chi connectivity index (χ3v) is 20.0. The smallest absolute Gasteiger partial charge is 0.146 e. The Bertz CT molecular complexity index is 2130. The summed E-state index contributed by atoms with van der Waals surface area (Å²) in [4.78, 5) is 128. The van der Waals surface area contributed by atoms with Gasteiger partial charge < -0.3 is 84.2 Å². The Morgan fingerprint density at radius 2 is 0.337 bits per heavy atom. The number of aliphatic hydroxyl groups excluding tert-OH is 4. The molecule has 0 aromatic heterocycles. The van der Waals surface area contributed by atoms with Crippen molar-refractivity contribution in [3.63, 3.8) is 0 Å². The number of hydrogen-bond acceptors (Lipinski definition) is 28. The first-order valence-electron chi connectivity index (χ1n) is 38.4. The maximum atomic E-state index is 10.7. The number of aliphatic hydroxyl groups is 4. The van der Waals surface area contributed by atoms with E-state index in [9.17, 15) is 57.5 Å². The van der Waals surface area contributed by atoms with Crippen LogP contribution in [-0.2, 0) is 57.5 Å². The molecule has 104 heavy (non-hydrogen) atoms. The molecule has 0 aromatic rings. The molecule has 0 bridgehead atoms. The SMILES string of the molecule is CC(=O)C1C[C@@H](C)CN1.CC(=O)C1C[C@@H](O)CN1.CC(=O)C1C[C@H](C)CN1.CC(=O)C1C[C@H](O)CN1.CC(=O)C1C[C@H](O)CN1.CC(=O)[C@@H]1CCCN1.CC(=O)[C@@H]1CCCN1.CC(=O)[C@@H]1C[C@H](C)CN1.CC(=O)[C@H]1CCCN1.CC(=O)[C@H]1CCCN1.CC(=O)[C@H]1C[C@@H](C)CN1.CC(=O)[C@H]1C[C@@H](O)CN1. The number of β-amino-alcohol motifs (C(OH)–C–C–N with tert-alkyl or cyclic N) is 4. The molecule has 600 valence electrons. The van der Waals surface area contributed by atoms with Crippen LogP contribution in [0.5, 0.6) is 0 Å². The molecule has 12 heterocycles. The summed E-state index contributed by atoms with van der Waals surface area (Å²) in [5.41, 5.74) is 0. The molecule has 0 aromatic carbocycles. The molecule has 20 atom stereocenters. The molecule has 16 N–H and O–H groups in total. The van der Waals surface area contributed by atoms with Gasteiger partial charge >= 0.3 is 0 Å². The Morgan fingerprint density at radius 3 is 0.394 bits per heavy atom. The van der Waals surface area contributed by atoms with Crippen LogP contribution in [0.2, 0.25) is 0 Å². The second-order valence-electron chi connectivity index (χ2n) is 30.5. The van der Waals surface area contributed by atoms with Gasteiger partial charge in [0.05, 0.1) is 96.9 Å². The lowest BCUT2D eigenvalue weighted by Crippen LogP contribution is -2.28. The summed E-state index contributed by atoms with van der Waals surface area (Å²) >= 11 is 0. The maximum Gasteiger partial charge on any atom is 0.146 e. The highest BCUT2D eigenvalue weighted by molar-refractivity contribution is 5.86. The Labute approximate surface area is 621 Å². The molecule has 0 aliphatic carbocycles. The molecule has 5 unspecified atom stereocenters. The van der Waals surface area contributed by atoms with Crippen LogP contribution in [0.3, 0.4) is 0 Å². The molecule has 12 rings (SSSR count). The van der Waals surface area contributed by atoms with Crippen LogP contribution < -0.4 is 63.8 Å². The number of hydrogen-bond donors (Lipinski definition) is 16. The topological polar surface area (TPSA) is 430 Å². The Balaban J connectivity index is 0.000000567. The minimum atomic E-state index is -0.320. The quantitative estimate of drug-likeness (QED) is 0.128. The summed E-state index contributed by atoms with van der Waals surface area (Å²) in [7, 11) is 0. The van der Waals surface area contributed by atoms with Gasteiger partial charge in [-0.05, 0) is 262 Å². The van der Waals surface area contributed by atoms with E-state index in [1.807, 2.05) is 0 Å². The zero-order chi connectivity index (χ0) is 78.8. The Morgan fingerprint density at radius 1 is 0.202 bits per heavy atom. The first kappa shape index (κ1) is 97.4. The number of carbonyl (C=O) groups excluding carboxylic acids is 12. The van der Waals surface area contributed by atoms with Gasteiger partial charge in [0.25, 0.3) is 0 Å². The largest absolute Gasteiger partial charge is 0.392 e. The molecule has 28 heteroatoms. The van der Waals surface area contributed by atoms with Crippen molar-refractivity contribution in [3.05, 3.63) is 0 Å². The van der Waals surface area contributed by atoms with Crippen LogP contribution in [0.15, 0.2) is 0 Å². The first-order chi connectivity index (χ1) is 48.8. The maximum absolute atomic E-state index is 10.7. The fourth-order valence-corrected chi connectivity index (χ4v) is 13.1. The highest BCUT2D eigenvalue weighted by atomic mass is 16.3. The summed E-state index contributed by atoms with van der Waals surface area (Å²) in [5, 5.41) is 72.4. The zero-order valence-corrected chi connectivity index (χ0v) is 66.0. The molecular weight excluding hydrogens is 1340 g/mol. The van der Waals surface area contributed by atoms with E-state index in [4.69, 9.17) is 20.4 Å². The lowest BCUT2D eigenvalue weighted by atomic mass is 10.1. The van der Waals surface area contributed by atoms with Crippen molar-refractivity contribution < 1.29 is 78.0 Å². The average Bonchev–Trinajstić information content (AvgIpc) is 1.81. The van der Waals surface area contributed by atoms with Crippen LogP contribution in [-0.4, -0.2) is 265 Å². The lowest BCUT2D eigenvalue weighted by molar-refractivity contribution is -0.119. The molecule has 0 spiro atoms. The van der Waals surface area contributed by atoms with Crippen LogP contribution in [0.1, 0.15) is 214 Å². The molecule has 12 aliphatic heterocycles. The summed E-state index contributed by atoms with van der Waals surface area (Å²) in [6, 6.07) is 0.926. The third kappa shape index (κ3) is 44.0. The van der Waals surface area contributed by atoms with Crippen molar-refractivity contribution in [3.8, 4) is 0 Å². The first-order valence-corrected chi connectivity index (χ1v) is 38.4. The number of Topliss-reactive ketones (excluding diaryl/α,β-unsaturated/α-hetero) is 12. The van der Waals surface area contributed by atoms with E-state index in [0.717, 1.165) is 129 Å². The predicted octanol–water partition coefficient (Wildman–Crippen LogP) is 0.796. The van der Waals surface area contributed by atoms with Gasteiger partial charge in [-0.25, -0.2) is 0 Å². The summed E-state index contributed by atoms with van der Waals surface area (Å²) in [6.45, 7) is 38.3. The van der Waals surface area contributed by atoms with Crippen molar-refractivity contribution in [2.45, 2.75) is 310 Å². The number of ketones is 12. The molecular formula is C76H140N12O16. The van der Waals surface area contributed by atoms with E-state index < -0.39 is 0 Å². The Kier molecular flexibility index (Phi) is 50.6. The van der Waals surface area contributed by atoms with Gasteiger partial charge in [-0.2, -0.15) is 0 Å². The highest BCUT2D eigenvalue weighted by Gasteiger charge is 2.30. The molecule has 12 saturated heterocycles. The summed E-state index contributed by atoms with van der Waals surface area (Å²) < 4.78 is 0. The van der Waals surface area contributed by atoms with Gasteiger partial charge in [0, 0.05) is 26.2 Å². The Hall–Kier alpha value is -4.60. The second-order valence-corrected chi connectivity index (χ2v) is 30.5. The molecule has 12 aliphatic rings. The van der Waals surface area contributed by atoms with Crippen LogP contribution >= 0.6 is 0 Å². The van der Waals surface area contributed by atoms with Gasteiger partial charge in [-0.3, -0.25) is 57.5 Å². The van der Waals surface area contributed by atoms with Gasteiger partial charge in [0.1, 0.15) is 69.4 Å². The normalized spacial score (nSPS) is 32.9. The van der Waals surface area contributed by atoms with Gasteiger partial charge in [0.15, 0.2) is 0 Å². The molecule has 12 fully saturated rings. The van der Waals surface area contributed by atoms with E-state index in [1.165, 1.54) is 27.7 Å². The van der Waals surface area contributed by atoms with Crippen molar-refractivity contribution in [2.24, 2.45) is 23.7 Å². The van der Waals surface area contributed by atoms with Crippen LogP contribution in [0.25, 0.3) is 0 Å². The van der Waals surface area contributed by atoms with Crippen molar-refractivity contribution >= 4 is 69.4 Å². The van der Waals surface area contributed by atoms with E-state index in [-0.39, 0.29) is 166 Å². The lowest BCUT2D eigenvalue weighted by Gasteiger charge is -2.02. The number of carbonyl (C=O) groups is 12. The van der Waals surface area contributed by atoms with Crippen molar-refractivity contribution in [1.82, 2.24) is 63.8 Å². The van der Waals surface area contributed by atoms with Gasteiger partial charge in [0.2, 0.25) is 0 Å². The minimum absolute atomic E-state index is 0.0972. The standard InChI is InChI=1S/4C7H13NO.4C6H11NO2.4C6H11NO/c4*1-5-3-7(6(2)9)8-4-5;4*1-4(8)6-2-5(9)3-7-6;4*1-5(8)6-3-2-4-7-6/h4*5,7-8H,3-4H2,1-2H3;4*5-7,9H,2-3H2,1H3;4*6-7H,2-4H2,1H3/t2*5-,7?;2*5-,7-;3*5-,6?;5-,6-;4*6-/m101010011100/s1. The van der Waals surface area contributed by atoms with Crippen LogP contribution in [0, 0.1) is 23.7 Å². The fraction of sp³-hybridized carbons (Fsp3) is 0.842. The van der Waals surface area contributed by atoms with Crippen LogP contribution in [0.4, 0.5) is 0 Å². The van der Waals surface area contributed by atoms with E-state index >= 15 is 0 Å². The second kappa shape index (κ2) is 54.1. The van der Waals surface area contributed by atoms with E-state index in [1.54, 1.807) is 55.4 Å². The van der Waals surface area contributed by atoms with Gasteiger partial charge in [-0.15, -0.1) is 0 Å². The third-order valence-electron chi connectivity index (χ3n) is 20.0. The van der Waals surface area contributed by atoms with Gasteiger partial charge in [-0.1, -0.05) is 27.7 Å². The molecule has 0 amide bonds. The van der Waals surface area contributed by atoms with E-state index in [2.05, 4.69) is 91.5 Å². The molecule has 0 saturated carbocycles.